The van der Waals surface area contributed by atoms with Crippen molar-refractivity contribution in [2.75, 3.05) is 13.7 Å². The average Bonchev–Trinajstić information content (AvgIpc) is 1.84. The van der Waals surface area contributed by atoms with Crippen molar-refractivity contribution in [3.8, 4) is 6.19 Å². The summed E-state index contributed by atoms with van der Waals surface area (Å²) in [5.41, 5.74) is -0.240. The van der Waals surface area contributed by atoms with E-state index in [0.717, 1.165) is 0 Å². The summed E-state index contributed by atoms with van der Waals surface area (Å²) in [7, 11) is 1.62. The Morgan fingerprint density at radius 1 is 1.67 bits per heavy atom. The van der Waals surface area contributed by atoms with E-state index in [0.29, 0.717) is 6.54 Å². The van der Waals surface area contributed by atoms with Crippen molar-refractivity contribution in [3.63, 3.8) is 0 Å². The molecule has 0 aliphatic rings. The molecule has 0 radical (unpaired) electrons. The standard InChI is InChI=1S/C6H12N2O/c1-6(2,9-3)4-8-5-7/h8H,4H2,1-3H3. The van der Waals surface area contributed by atoms with Crippen LogP contribution in [0.4, 0.5) is 0 Å². The van der Waals surface area contributed by atoms with E-state index in [2.05, 4.69) is 5.32 Å². The molecule has 0 aromatic carbocycles. The van der Waals surface area contributed by atoms with Crippen LogP contribution in [0.5, 0.6) is 0 Å². The van der Waals surface area contributed by atoms with E-state index in [9.17, 15) is 0 Å². The second-order valence-electron chi connectivity index (χ2n) is 2.43. The summed E-state index contributed by atoms with van der Waals surface area (Å²) in [6.45, 7) is 4.38. The minimum absolute atomic E-state index is 0.240. The normalized spacial score (nSPS) is 10.4. The fourth-order valence-corrected chi connectivity index (χ4v) is 0.325. The Morgan fingerprint density at radius 3 is 2.56 bits per heavy atom. The third kappa shape index (κ3) is 3.80. The summed E-state index contributed by atoms with van der Waals surface area (Å²) < 4.78 is 5.03. The highest BCUT2D eigenvalue weighted by Crippen LogP contribution is 2.03. The highest BCUT2D eigenvalue weighted by atomic mass is 16.5. The maximum absolute atomic E-state index is 8.11. The second kappa shape index (κ2) is 3.31. The smallest absolute Gasteiger partial charge is 0.176 e. The zero-order valence-corrected chi connectivity index (χ0v) is 6.06. The van der Waals surface area contributed by atoms with Crippen LogP contribution in [0.15, 0.2) is 0 Å². The van der Waals surface area contributed by atoms with Crippen LogP contribution in [0.2, 0.25) is 0 Å². The monoisotopic (exact) mass is 128 g/mol. The number of hydrogen-bond acceptors (Lipinski definition) is 3. The highest BCUT2D eigenvalue weighted by Gasteiger charge is 2.14. The molecular weight excluding hydrogens is 116 g/mol. The number of methoxy groups -OCH3 is 1. The van der Waals surface area contributed by atoms with Crippen molar-refractivity contribution in [2.24, 2.45) is 0 Å². The van der Waals surface area contributed by atoms with Gasteiger partial charge in [-0.15, -0.1) is 0 Å². The van der Waals surface area contributed by atoms with E-state index in [1.54, 1.807) is 7.11 Å². The molecule has 52 valence electrons. The molecule has 0 atom stereocenters. The van der Waals surface area contributed by atoms with Crippen LogP contribution in [0.25, 0.3) is 0 Å². The first-order chi connectivity index (χ1) is 4.12. The molecule has 3 heteroatoms. The molecule has 1 N–H and O–H groups in total. The quantitative estimate of drug-likeness (QED) is 0.444. The van der Waals surface area contributed by atoms with Gasteiger partial charge in [0.05, 0.1) is 12.1 Å². The third-order valence-electron chi connectivity index (χ3n) is 1.15. The van der Waals surface area contributed by atoms with E-state index in [1.165, 1.54) is 0 Å². The minimum Gasteiger partial charge on any atom is -0.377 e. The topological polar surface area (TPSA) is 45.0 Å². The summed E-state index contributed by atoms with van der Waals surface area (Å²) in [5.74, 6) is 0. The lowest BCUT2D eigenvalue weighted by Gasteiger charge is -2.20. The number of nitrogens with one attached hydrogen (secondary N) is 1. The molecule has 0 rings (SSSR count). The first-order valence-corrected chi connectivity index (χ1v) is 2.79. The van der Waals surface area contributed by atoms with Gasteiger partial charge in [0, 0.05) is 7.11 Å². The predicted molar refractivity (Wildman–Crippen MR) is 34.7 cm³/mol. The van der Waals surface area contributed by atoms with Crippen LogP contribution < -0.4 is 5.32 Å². The maximum atomic E-state index is 8.11. The zero-order chi connectivity index (χ0) is 7.33. The molecule has 0 spiro atoms. The highest BCUT2D eigenvalue weighted by molar-refractivity contribution is 4.76. The molecule has 0 heterocycles. The van der Waals surface area contributed by atoms with E-state index >= 15 is 0 Å². The van der Waals surface area contributed by atoms with Crippen molar-refractivity contribution in [1.82, 2.24) is 5.32 Å². The molecule has 0 unspecified atom stereocenters. The molecular formula is C6H12N2O. The van der Waals surface area contributed by atoms with Crippen LogP contribution in [0, 0.1) is 11.5 Å². The molecule has 0 saturated heterocycles. The molecule has 0 amide bonds. The van der Waals surface area contributed by atoms with Crippen LogP contribution in [-0.4, -0.2) is 19.3 Å². The molecule has 9 heavy (non-hydrogen) atoms. The van der Waals surface area contributed by atoms with Crippen LogP contribution in [0.3, 0.4) is 0 Å². The van der Waals surface area contributed by atoms with Gasteiger partial charge in [0.2, 0.25) is 0 Å². The van der Waals surface area contributed by atoms with Crippen molar-refractivity contribution in [2.45, 2.75) is 19.4 Å². The molecule has 0 aliphatic heterocycles. The summed E-state index contributed by atoms with van der Waals surface area (Å²) in [5, 5.41) is 10.6. The number of nitriles is 1. The summed E-state index contributed by atoms with van der Waals surface area (Å²) in [6, 6.07) is 0. The van der Waals surface area contributed by atoms with Gasteiger partial charge in [0.1, 0.15) is 0 Å². The lowest BCUT2D eigenvalue weighted by atomic mass is 10.1. The Labute approximate surface area is 55.6 Å². The number of rotatable bonds is 3. The SMILES string of the molecule is COC(C)(C)CNC#N. The Kier molecular flexibility index (Phi) is 3.03. The zero-order valence-electron chi connectivity index (χ0n) is 6.06. The lowest BCUT2D eigenvalue weighted by molar-refractivity contribution is 0.0264. The molecule has 0 aliphatic carbocycles. The second-order valence-corrected chi connectivity index (χ2v) is 2.43. The van der Waals surface area contributed by atoms with Crippen molar-refractivity contribution in [3.05, 3.63) is 0 Å². The van der Waals surface area contributed by atoms with Gasteiger partial charge in [-0.05, 0) is 13.8 Å². The largest absolute Gasteiger partial charge is 0.377 e. The van der Waals surface area contributed by atoms with E-state index < -0.39 is 0 Å². The van der Waals surface area contributed by atoms with Gasteiger partial charge in [0.15, 0.2) is 6.19 Å². The average molecular weight is 128 g/mol. The molecule has 0 saturated carbocycles. The lowest BCUT2D eigenvalue weighted by Crippen LogP contribution is -2.34. The van der Waals surface area contributed by atoms with Crippen LogP contribution in [0.1, 0.15) is 13.8 Å². The summed E-state index contributed by atoms with van der Waals surface area (Å²) >= 11 is 0. The third-order valence-corrected chi connectivity index (χ3v) is 1.15. The van der Waals surface area contributed by atoms with Crippen LogP contribution >= 0.6 is 0 Å². The van der Waals surface area contributed by atoms with Gasteiger partial charge in [-0.1, -0.05) is 0 Å². The summed E-state index contributed by atoms with van der Waals surface area (Å²) in [6.07, 6.45) is 1.83. The molecule has 0 bridgehead atoms. The van der Waals surface area contributed by atoms with Gasteiger partial charge in [0.25, 0.3) is 0 Å². The van der Waals surface area contributed by atoms with Gasteiger partial charge in [-0.25, -0.2) is 0 Å². The molecule has 3 nitrogen and oxygen atoms in total. The van der Waals surface area contributed by atoms with Gasteiger partial charge in [-0.3, -0.25) is 0 Å². The number of nitrogens with zero attached hydrogens (tertiary/aromatic N) is 1. The van der Waals surface area contributed by atoms with Crippen LogP contribution in [-0.2, 0) is 4.74 Å². The first-order valence-electron chi connectivity index (χ1n) is 2.79. The van der Waals surface area contributed by atoms with E-state index in [1.807, 2.05) is 20.0 Å². The van der Waals surface area contributed by atoms with Gasteiger partial charge in [-0.2, -0.15) is 5.26 Å². The number of ether oxygens (including phenoxy) is 1. The minimum atomic E-state index is -0.240. The Hall–Kier alpha value is -0.750. The van der Waals surface area contributed by atoms with Crippen molar-refractivity contribution < 1.29 is 4.74 Å². The van der Waals surface area contributed by atoms with Gasteiger partial charge < -0.3 is 10.1 Å². The Morgan fingerprint density at radius 2 is 2.22 bits per heavy atom. The maximum Gasteiger partial charge on any atom is 0.176 e. The Bertz CT molecular complexity index is 115. The molecule has 0 aromatic rings. The van der Waals surface area contributed by atoms with E-state index in [4.69, 9.17) is 10.00 Å². The van der Waals surface area contributed by atoms with E-state index in [-0.39, 0.29) is 5.60 Å². The number of hydrogen-bond donors (Lipinski definition) is 1. The predicted octanol–water partition coefficient (Wildman–Crippen LogP) is 0.482. The van der Waals surface area contributed by atoms with Gasteiger partial charge >= 0.3 is 0 Å². The van der Waals surface area contributed by atoms with Crippen molar-refractivity contribution >= 4 is 0 Å². The molecule has 0 aromatic heterocycles. The first kappa shape index (κ1) is 8.25. The fraction of sp³-hybridized carbons (Fsp3) is 0.833. The van der Waals surface area contributed by atoms with Crippen molar-refractivity contribution in [1.29, 1.82) is 5.26 Å². The fourth-order valence-electron chi connectivity index (χ4n) is 0.325. The summed E-state index contributed by atoms with van der Waals surface area (Å²) in [4.78, 5) is 0. The Balaban J connectivity index is 3.48. The molecule has 0 fully saturated rings.